The van der Waals surface area contributed by atoms with Crippen LogP contribution in [0.5, 0.6) is 5.75 Å². The molecule has 1 aliphatic heterocycles. The number of fused-ring (bicyclic) bond motifs is 1. The summed E-state index contributed by atoms with van der Waals surface area (Å²) < 4.78 is 0. The number of amides is 2. The van der Waals surface area contributed by atoms with E-state index in [4.69, 9.17) is 23.2 Å². The molecule has 4 rings (SSSR count). The third-order valence-corrected chi connectivity index (χ3v) is 6.56. The summed E-state index contributed by atoms with van der Waals surface area (Å²) in [5.74, 6) is -1.88. The number of carboxylic acid groups (broad SMARTS) is 1. The minimum absolute atomic E-state index is 0.0584. The summed E-state index contributed by atoms with van der Waals surface area (Å²) in [6, 6.07) is 14.6. The van der Waals surface area contributed by atoms with E-state index < -0.39 is 29.9 Å². The number of carbonyl (C=O) groups is 3. The molecule has 36 heavy (non-hydrogen) atoms. The number of carbonyl (C=O) groups excluding carboxylic acids is 2. The molecule has 0 fully saturated rings. The quantitative estimate of drug-likeness (QED) is 0.318. The second kappa shape index (κ2) is 11.0. The number of hydrogen-bond acceptors (Lipinski definition) is 5. The van der Waals surface area contributed by atoms with E-state index in [2.05, 4.69) is 16.0 Å². The lowest BCUT2D eigenvalue weighted by Crippen LogP contribution is -2.52. The zero-order valence-corrected chi connectivity index (χ0v) is 20.4. The van der Waals surface area contributed by atoms with E-state index in [1.165, 1.54) is 0 Å². The molecule has 0 unspecified atom stereocenters. The fourth-order valence-electron chi connectivity index (χ4n) is 4.03. The van der Waals surface area contributed by atoms with Crippen LogP contribution in [-0.4, -0.2) is 40.1 Å². The maximum absolute atomic E-state index is 12.8. The number of nitrogens with one attached hydrogen (secondary N) is 3. The van der Waals surface area contributed by atoms with Crippen molar-refractivity contribution >= 4 is 46.7 Å². The average molecular weight is 528 g/mol. The van der Waals surface area contributed by atoms with Gasteiger partial charge in [-0.25, -0.2) is 4.79 Å². The highest BCUT2D eigenvalue weighted by atomic mass is 35.5. The van der Waals surface area contributed by atoms with E-state index in [1.54, 1.807) is 60.7 Å². The Bertz CT molecular complexity index is 1290. The third kappa shape index (κ3) is 5.96. The Kier molecular flexibility index (Phi) is 7.79. The van der Waals surface area contributed by atoms with Crippen LogP contribution in [0.4, 0.5) is 5.69 Å². The number of phenols is 1. The SMILES string of the molecule is O=C(Nc1ccc(C[C@H](NC(=O)[C@@H]2Cc3ccc(O)cc3CN2)C(=O)O)cc1)c1c(Cl)cccc1Cl. The molecule has 10 heteroatoms. The molecular weight excluding hydrogens is 505 g/mol. The first-order valence-corrected chi connectivity index (χ1v) is 11.9. The molecule has 1 aliphatic rings. The number of halogens is 2. The van der Waals surface area contributed by atoms with Gasteiger partial charge in [-0.15, -0.1) is 0 Å². The third-order valence-electron chi connectivity index (χ3n) is 5.93. The van der Waals surface area contributed by atoms with Gasteiger partial charge in [0.25, 0.3) is 5.91 Å². The monoisotopic (exact) mass is 527 g/mol. The highest BCUT2D eigenvalue weighted by molar-refractivity contribution is 6.40. The molecule has 5 N–H and O–H groups in total. The van der Waals surface area contributed by atoms with Gasteiger partial charge in [0.2, 0.25) is 5.91 Å². The topological polar surface area (TPSA) is 128 Å². The van der Waals surface area contributed by atoms with E-state index in [0.717, 1.165) is 11.1 Å². The normalized spacial score (nSPS) is 15.4. The van der Waals surface area contributed by atoms with Gasteiger partial charge in [-0.1, -0.05) is 47.5 Å². The molecule has 0 bridgehead atoms. The van der Waals surface area contributed by atoms with Gasteiger partial charge < -0.3 is 26.2 Å². The highest BCUT2D eigenvalue weighted by Gasteiger charge is 2.28. The van der Waals surface area contributed by atoms with Crippen LogP contribution in [0.15, 0.2) is 60.7 Å². The Morgan fingerprint density at radius 1 is 1.00 bits per heavy atom. The van der Waals surface area contributed by atoms with E-state index in [0.29, 0.717) is 24.2 Å². The first-order valence-electron chi connectivity index (χ1n) is 11.1. The van der Waals surface area contributed by atoms with Crippen molar-refractivity contribution in [3.8, 4) is 5.75 Å². The standard InChI is InChI=1S/C26H23Cl2N3O5/c27-19-2-1-3-20(28)23(19)25(34)30-17-7-4-14(5-8-17)10-22(26(35)36)31-24(33)21-12-15-6-9-18(32)11-16(15)13-29-21/h1-9,11,21-22,29,32H,10,12-13H2,(H,30,34)(H,31,33)(H,35,36)/t21-,22-/m0/s1. The predicted molar refractivity (Wildman–Crippen MR) is 137 cm³/mol. The van der Waals surface area contributed by atoms with Gasteiger partial charge in [-0.05, 0) is 59.5 Å². The van der Waals surface area contributed by atoms with Crippen molar-refractivity contribution < 1.29 is 24.6 Å². The largest absolute Gasteiger partial charge is 0.508 e. The lowest BCUT2D eigenvalue weighted by molar-refractivity contribution is -0.142. The van der Waals surface area contributed by atoms with E-state index >= 15 is 0 Å². The number of aliphatic carboxylic acids is 1. The number of benzene rings is 3. The summed E-state index contributed by atoms with van der Waals surface area (Å²) in [6.45, 7) is 0.395. The van der Waals surface area contributed by atoms with E-state index in [1.807, 2.05) is 0 Å². The molecule has 0 saturated carbocycles. The fraction of sp³-hybridized carbons (Fsp3) is 0.192. The van der Waals surface area contributed by atoms with Crippen molar-refractivity contribution in [1.82, 2.24) is 10.6 Å². The number of anilines is 1. The number of aromatic hydroxyl groups is 1. The molecule has 0 spiro atoms. The summed E-state index contributed by atoms with van der Waals surface area (Å²) >= 11 is 12.2. The van der Waals surface area contributed by atoms with Crippen LogP contribution < -0.4 is 16.0 Å². The Hall–Kier alpha value is -3.59. The Labute approximate surface area is 217 Å². The van der Waals surface area contributed by atoms with Gasteiger partial charge in [-0.2, -0.15) is 0 Å². The van der Waals surface area contributed by atoms with Crippen LogP contribution in [0, 0.1) is 0 Å². The summed E-state index contributed by atoms with van der Waals surface area (Å²) in [6.07, 6.45) is 0.445. The van der Waals surface area contributed by atoms with Gasteiger partial charge in [-0.3, -0.25) is 9.59 Å². The summed E-state index contributed by atoms with van der Waals surface area (Å²) in [5.41, 5.74) is 3.13. The van der Waals surface area contributed by atoms with Crippen LogP contribution in [0.25, 0.3) is 0 Å². The summed E-state index contributed by atoms with van der Waals surface area (Å²) in [4.78, 5) is 37.2. The lowest BCUT2D eigenvalue weighted by Gasteiger charge is -2.27. The van der Waals surface area contributed by atoms with Crippen LogP contribution in [-0.2, 0) is 29.0 Å². The zero-order chi connectivity index (χ0) is 25.8. The van der Waals surface area contributed by atoms with Crippen molar-refractivity contribution in [3.05, 3.63) is 93.0 Å². The number of rotatable bonds is 7. The molecule has 0 radical (unpaired) electrons. The van der Waals surface area contributed by atoms with Crippen molar-refractivity contribution in [3.63, 3.8) is 0 Å². The molecule has 1 heterocycles. The zero-order valence-electron chi connectivity index (χ0n) is 18.9. The van der Waals surface area contributed by atoms with Gasteiger partial charge in [0, 0.05) is 18.7 Å². The first kappa shape index (κ1) is 25.5. The van der Waals surface area contributed by atoms with Crippen molar-refractivity contribution in [2.24, 2.45) is 0 Å². The lowest BCUT2D eigenvalue weighted by atomic mass is 9.95. The van der Waals surface area contributed by atoms with Crippen LogP contribution >= 0.6 is 23.2 Å². The second-order valence-corrected chi connectivity index (χ2v) is 9.26. The molecule has 0 aromatic heterocycles. The minimum Gasteiger partial charge on any atom is -0.508 e. The van der Waals surface area contributed by atoms with Crippen molar-refractivity contribution in [1.29, 1.82) is 0 Å². The van der Waals surface area contributed by atoms with Gasteiger partial charge in [0.15, 0.2) is 0 Å². The summed E-state index contributed by atoms with van der Waals surface area (Å²) in [7, 11) is 0. The second-order valence-electron chi connectivity index (χ2n) is 8.44. The smallest absolute Gasteiger partial charge is 0.326 e. The van der Waals surface area contributed by atoms with Crippen LogP contribution in [0.3, 0.4) is 0 Å². The minimum atomic E-state index is -1.16. The summed E-state index contributed by atoms with van der Waals surface area (Å²) in [5, 5.41) is 28.1. The van der Waals surface area contributed by atoms with Crippen molar-refractivity contribution in [2.75, 3.05) is 5.32 Å². The van der Waals surface area contributed by atoms with Crippen LogP contribution in [0.2, 0.25) is 10.0 Å². The molecule has 8 nitrogen and oxygen atoms in total. The van der Waals surface area contributed by atoms with Crippen molar-refractivity contribution in [2.45, 2.75) is 31.5 Å². The molecule has 2 amide bonds. The fourth-order valence-corrected chi connectivity index (χ4v) is 4.60. The average Bonchev–Trinajstić information content (AvgIpc) is 2.84. The van der Waals surface area contributed by atoms with Gasteiger partial charge >= 0.3 is 5.97 Å². The molecule has 186 valence electrons. The molecular formula is C26H23Cl2N3O5. The number of phenolic OH excluding ortho intramolecular Hbond substituents is 1. The maximum atomic E-state index is 12.8. The Morgan fingerprint density at radius 2 is 1.69 bits per heavy atom. The molecule has 2 atom stereocenters. The maximum Gasteiger partial charge on any atom is 0.326 e. The Morgan fingerprint density at radius 3 is 2.36 bits per heavy atom. The Balaban J connectivity index is 1.37. The molecule has 3 aromatic carbocycles. The number of hydrogen-bond donors (Lipinski definition) is 5. The molecule has 0 saturated heterocycles. The van der Waals surface area contributed by atoms with Gasteiger partial charge in [0.1, 0.15) is 11.8 Å². The highest BCUT2D eigenvalue weighted by Crippen LogP contribution is 2.25. The molecule has 0 aliphatic carbocycles. The van der Waals surface area contributed by atoms with E-state index in [9.17, 15) is 24.6 Å². The van der Waals surface area contributed by atoms with E-state index in [-0.39, 0.29) is 27.8 Å². The van der Waals surface area contributed by atoms with Gasteiger partial charge in [0.05, 0.1) is 21.7 Å². The number of carboxylic acids is 1. The molecule has 3 aromatic rings. The van der Waals surface area contributed by atoms with Crippen LogP contribution in [0.1, 0.15) is 27.0 Å². The predicted octanol–water partition coefficient (Wildman–Crippen LogP) is 3.78. The first-order chi connectivity index (χ1) is 17.2.